The molecule has 128 valence electrons. The maximum Gasteiger partial charge on any atom is 0.208 e. The molecule has 0 amide bonds. The molecule has 2 rings (SSSR count). The molecule has 0 radical (unpaired) electrons. The van der Waals surface area contributed by atoms with Crippen molar-refractivity contribution in [3.8, 4) is 0 Å². The van der Waals surface area contributed by atoms with Crippen molar-refractivity contribution in [2.75, 3.05) is 52.6 Å². The van der Waals surface area contributed by atoms with E-state index in [0.717, 1.165) is 19.0 Å². The topological polar surface area (TPSA) is 77.0 Å². The van der Waals surface area contributed by atoms with Crippen molar-refractivity contribution < 1.29 is 8.42 Å². The highest BCUT2D eigenvalue weighted by Crippen LogP contribution is 2.20. The van der Waals surface area contributed by atoms with Crippen LogP contribution in [0.15, 0.2) is 4.99 Å². The number of rotatable bonds is 5. The normalized spacial score (nSPS) is 24.7. The van der Waals surface area contributed by atoms with E-state index in [-0.39, 0.29) is 0 Å². The molecule has 2 saturated heterocycles. The van der Waals surface area contributed by atoms with Gasteiger partial charge in [-0.15, -0.1) is 0 Å². The van der Waals surface area contributed by atoms with Crippen LogP contribution in [-0.2, 0) is 10.0 Å². The Bertz CT molecular complexity index is 474. The molecule has 2 N–H and O–H groups in total. The van der Waals surface area contributed by atoms with Crippen LogP contribution in [0.4, 0.5) is 0 Å². The number of sulfonamides is 1. The third-order valence-corrected chi connectivity index (χ3v) is 5.08. The Morgan fingerprint density at radius 1 is 1.18 bits per heavy atom. The summed E-state index contributed by atoms with van der Waals surface area (Å²) in [4.78, 5) is 9.21. The predicted molar refractivity (Wildman–Crippen MR) is 89.6 cm³/mol. The van der Waals surface area contributed by atoms with Crippen LogP contribution in [0.1, 0.15) is 25.7 Å². The molecule has 8 heteroatoms. The van der Waals surface area contributed by atoms with Gasteiger partial charge in [0.05, 0.1) is 6.26 Å². The average molecular weight is 331 g/mol. The van der Waals surface area contributed by atoms with E-state index in [0.29, 0.717) is 19.1 Å². The molecule has 2 aliphatic heterocycles. The number of nitrogens with zero attached hydrogens (tertiary/aromatic N) is 3. The molecule has 2 aliphatic rings. The van der Waals surface area contributed by atoms with Gasteiger partial charge in [0.1, 0.15) is 0 Å². The fourth-order valence-electron chi connectivity index (χ4n) is 3.26. The minimum atomic E-state index is -3.12. The first kappa shape index (κ1) is 17.5. The van der Waals surface area contributed by atoms with Crippen molar-refractivity contribution in [3.63, 3.8) is 0 Å². The monoisotopic (exact) mass is 331 g/mol. The van der Waals surface area contributed by atoms with Gasteiger partial charge < -0.3 is 10.2 Å². The van der Waals surface area contributed by atoms with Crippen molar-refractivity contribution >= 4 is 16.0 Å². The largest absolute Gasteiger partial charge is 0.355 e. The van der Waals surface area contributed by atoms with Crippen LogP contribution in [0.25, 0.3) is 0 Å². The lowest BCUT2D eigenvalue weighted by Gasteiger charge is -2.32. The summed E-state index contributed by atoms with van der Waals surface area (Å²) in [5.41, 5.74) is 0. The first-order valence-corrected chi connectivity index (χ1v) is 10.0. The van der Waals surface area contributed by atoms with Crippen LogP contribution in [-0.4, -0.2) is 82.8 Å². The third kappa shape index (κ3) is 5.40. The predicted octanol–water partition coefficient (Wildman–Crippen LogP) is -0.329. The second-order valence-electron chi connectivity index (χ2n) is 6.13. The van der Waals surface area contributed by atoms with Gasteiger partial charge >= 0.3 is 0 Å². The number of piperidine rings is 1. The molecule has 1 unspecified atom stereocenters. The van der Waals surface area contributed by atoms with E-state index >= 15 is 0 Å². The highest BCUT2D eigenvalue weighted by atomic mass is 32.2. The van der Waals surface area contributed by atoms with Crippen molar-refractivity contribution in [1.82, 2.24) is 19.8 Å². The fourth-order valence-corrected chi connectivity index (χ4v) is 3.73. The number of guanidine groups is 1. The minimum Gasteiger partial charge on any atom is -0.355 e. The summed E-state index contributed by atoms with van der Waals surface area (Å²) in [6.45, 7) is 5.40. The first-order valence-electron chi connectivity index (χ1n) is 8.14. The van der Waals surface area contributed by atoms with Crippen molar-refractivity contribution in [1.29, 1.82) is 0 Å². The molecular weight excluding hydrogens is 302 g/mol. The SMILES string of the molecule is CN=C(NCCNS(C)(=O)=O)N1CCC(N2CCCCC2)C1. The maximum atomic E-state index is 11.0. The molecule has 0 aromatic carbocycles. The zero-order valence-corrected chi connectivity index (χ0v) is 14.5. The first-order chi connectivity index (χ1) is 10.5. The molecule has 0 spiro atoms. The van der Waals surface area contributed by atoms with Gasteiger partial charge in [-0.05, 0) is 32.4 Å². The van der Waals surface area contributed by atoms with E-state index in [1.165, 1.54) is 45.0 Å². The van der Waals surface area contributed by atoms with Crippen LogP contribution in [0.5, 0.6) is 0 Å². The quantitative estimate of drug-likeness (QED) is 0.410. The Labute approximate surface area is 134 Å². The molecule has 0 bridgehead atoms. The molecule has 0 aliphatic carbocycles. The maximum absolute atomic E-state index is 11.0. The van der Waals surface area contributed by atoms with Gasteiger partial charge in [-0.2, -0.15) is 0 Å². The smallest absolute Gasteiger partial charge is 0.208 e. The van der Waals surface area contributed by atoms with Crippen LogP contribution >= 0.6 is 0 Å². The van der Waals surface area contributed by atoms with E-state index in [9.17, 15) is 8.42 Å². The number of aliphatic imine (C=N–C) groups is 1. The molecular formula is C14H29N5O2S. The molecule has 2 heterocycles. The fraction of sp³-hybridized carbons (Fsp3) is 0.929. The molecule has 7 nitrogen and oxygen atoms in total. The lowest BCUT2D eigenvalue weighted by atomic mass is 10.1. The van der Waals surface area contributed by atoms with Crippen molar-refractivity contribution in [2.45, 2.75) is 31.7 Å². The van der Waals surface area contributed by atoms with Gasteiger partial charge in [0.25, 0.3) is 0 Å². The summed E-state index contributed by atoms with van der Waals surface area (Å²) < 4.78 is 24.5. The van der Waals surface area contributed by atoms with Gasteiger partial charge in [-0.25, -0.2) is 13.1 Å². The van der Waals surface area contributed by atoms with Crippen LogP contribution in [0.3, 0.4) is 0 Å². The number of hydrogen-bond acceptors (Lipinski definition) is 4. The summed E-state index contributed by atoms with van der Waals surface area (Å²) in [6.07, 6.45) is 6.36. The summed E-state index contributed by atoms with van der Waals surface area (Å²) in [6, 6.07) is 0.632. The Morgan fingerprint density at radius 2 is 1.91 bits per heavy atom. The molecule has 22 heavy (non-hydrogen) atoms. The number of nitrogens with one attached hydrogen (secondary N) is 2. The Hall–Kier alpha value is -0.860. The van der Waals surface area contributed by atoms with Gasteiger partial charge in [-0.3, -0.25) is 9.89 Å². The molecule has 1 atom stereocenters. The van der Waals surface area contributed by atoms with Crippen molar-refractivity contribution in [3.05, 3.63) is 0 Å². The van der Waals surface area contributed by atoms with E-state index in [1.54, 1.807) is 7.05 Å². The van der Waals surface area contributed by atoms with E-state index in [4.69, 9.17) is 0 Å². The van der Waals surface area contributed by atoms with Crippen molar-refractivity contribution in [2.24, 2.45) is 4.99 Å². The minimum absolute atomic E-state index is 0.376. The second-order valence-corrected chi connectivity index (χ2v) is 7.96. The van der Waals surface area contributed by atoms with Gasteiger partial charge in [0, 0.05) is 39.3 Å². The lowest BCUT2D eigenvalue weighted by molar-refractivity contribution is 0.168. The zero-order valence-electron chi connectivity index (χ0n) is 13.7. The van der Waals surface area contributed by atoms with E-state index in [2.05, 4.69) is 24.8 Å². The summed E-state index contributed by atoms with van der Waals surface area (Å²) in [5, 5.41) is 3.24. The number of likely N-dealkylation sites (tertiary alicyclic amines) is 2. The van der Waals surface area contributed by atoms with Crippen LogP contribution in [0.2, 0.25) is 0 Å². The van der Waals surface area contributed by atoms with Gasteiger partial charge in [-0.1, -0.05) is 6.42 Å². The standard InChI is InChI=1S/C14H29N5O2S/c1-15-14(16-7-8-17-22(2,20)21)19-11-6-13(12-19)18-9-4-3-5-10-18/h13,17H,3-12H2,1-2H3,(H,15,16). The lowest BCUT2D eigenvalue weighted by Crippen LogP contribution is -2.45. The molecule has 0 aromatic heterocycles. The highest BCUT2D eigenvalue weighted by molar-refractivity contribution is 7.88. The average Bonchev–Trinajstić information content (AvgIpc) is 2.97. The zero-order chi connectivity index (χ0) is 16.0. The number of hydrogen-bond donors (Lipinski definition) is 2. The van der Waals surface area contributed by atoms with Gasteiger partial charge in [0.2, 0.25) is 10.0 Å². The third-order valence-electron chi connectivity index (χ3n) is 4.35. The van der Waals surface area contributed by atoms with E-state index in [1.807, 2.05) is 0 Å². The van der Waals surface area contributed by atoms with Crippen LogP contribution < -0.4 is 10.0 Å². The second kappa shape index (κ2) is 8.12. The Balaban J connectivity index is 1.75. The highest BCUT2D eigenvalue weighted by Gasteiger charge is 2.29. The van der Waals surface area contributed by atoms with E-state index < -0.39 is 10.0 Å². The van der Waals surface area contributed by atoms with Crippen LogP contribution in [0, 0.1) is 0 Å². The molecule has 2 fully saturated rings. The summed E-state index contributed by atoms with van der Waals surface area (Å²) in [7, 11) is -1.34. The Morgan fingerprint density at radius 3 is 2.55 bits per heavy atom. The summed E-state index contributed by atoms with van der Waals surface area (Å²) in [5.74, 6) is 0.870. The molecule has 0 aromatic rings. The van der Waals surface area contributed by atoms with Gasteiger partial charge in [0.15, 0.2) is 5.96 Å². The Kier molecular flexibility index (Phi) is 6.46. The molecule has 0 saturated carbocycles. The summed E-state index contributed by atoms with van der Waals surface area (Å²) >= 11 is 0.